The number of methoxy groups -OCH3 is 1. The van der Waals surface area contributed by atoms with Crippen LogP contribution in [0.15, 0.2) is 18.2 Å². The molecule has 1 aliphatic carbocycles. The number of aryl methyl sites for hydroxylation is 2. The Bertz CT molecular complexity index is 425. The van der Waals surface area contributed by atoms with Crippen LogP contribution in [0.1, 0.15) is 23.1 Å². The van der Waals surface area contributed by atoms with Gasteiger partial charge in [0.15, 0.2) is 5.60 Å². The fourth-order valence-corrected chi connectivity index (χ4v) is 2.40. The van der Waals surface area contributed by atoms with Crippen LogP contribution in [0.25, 0.3) is 0 Å². The average molecular weight is 220 g/mol. The second-order valence-electron chi connectivity index (χ2n) is 4.39. The first-order valence-electron chi connectivity index (χ1n) is 5.45. The standard InChI is InChI=1S/C13H16O3/c1-9-4-3-5-10-6-7-13(16-2,12(14)15)8-11(9)10/h3-5H,6-8H2,1-2H3,(H,14,15). The molecule has 0 bridgehead atoms. The van der Waals surface area contributed by atoms with Crippen molar-refractivity contribution in [2.24, 2.45) is 0 Å². The number of carboxylic acid groups (broad SMARTS) is 1. The molecule has 0 aromatic heterocycles. The molecule has 1 aromatic rings. The number of carboxylic acids is 1. The van der Waals surface area contributed by atoms with Crippen molar-refractivity contribution in [2.75, 3.05) is 7.11 Å². The summed E-state index contributed by atoms with van der Waals surface area (Å²) in [6.45, 7) is 2.02. The van der Waals surface area contributed by atoms with Crippen LogP contribution in [-0.2, 0) is 22.4 Å². The van der Waals surface area contributed by atoms with Gasteiger partial charge in [0, 0.05) is 13.5 Å². The van der Waals surface area contributed by atoms with E-state index in [9.17, 15) is 9.90 Å². The largest absolute Gasteiger partial charge is 0.479 e. The van der Waals surface area contributed by atoms with Gasteiger partial charge >= 0.3 is 5.97 Å². The first-order chi connectivity index (χ1) is 7.59. The zero-order chi connectivity index (χ0) is 11.8. The number of hydrogen-bond acceptors (Lipinski definition) is 2. The van der Waals surface area contributed by atoms with Gasteiger partial charge in [0.05, 0.1) is 0 Å². The molecule has 2 rings (SSSR count). The molecular formula is C13H16O3. The minimum atomic E-state index is -1.03. The molecule has 1 N–H and O–H groups in total. The van der Waals surface area contributed by atoms with Gasteiger partial charge in [0.1, 0.15) is 0 Å². The smallest absolute Gasteiger partial charge is 0.336 e. The van der Waals surface area contributed by atoms with E-state index in [1.54, 1.807) is 0 Å². The predicted molar refractivity (Wildman–Crippen MR) is 60.6 cm³/mol. The van der Waals surface area contributed by atoms with Crippen LogP contribution < -0.4 is 0 Å². The van der Waals surface area contributed by atoms with Crippen LogP contribution in [-0.4, -0.2) is 23.8 Å². The minimum absolute atomic E-state index is 0.473. The Morgan fingerprint density at radius 2 is 2.25 bits per heavy atom. The van der Waals surface area contributed by atoms with Crippen LogP contribution in [0.2, 0.25) is 0 Å². The van der Waals surface area contributed by atoms with E-state index in [4.69, 9.17) is 4.74 Å². The van der Waals surface area contributed by atoms with Gasteiger partial charge < -0.3 is 9.84 Å². The zero-order valence-corrected chi connectivity index (χ0v) is 9.62. The molecule has 0 radical (unpaired) electrons. The topological polar surface area (TPSA) is 46.5 Å². The van der Waals surface area contributed by atoms with Gasteiger partial charge in [0.25, 0.3) is 0 Å². The van der Waals surface area contributed by atoms with Gasteiger partial charge in [-0.2, -0.15) is 0 Å². The molecule has 1 atom stereocenters. The van der Waals surface area contributed by atoms with E-state index < -0.39 is 11.6 Å². The van der Waals surface area contributed by atoms with Crippen LogP contribution >= 0.6 is 0 Å². The van der Waals surface area contributed by atoms with E-state index >= 15 is 0 Å². The second-order valence-corrected chi connectivity index (χ2v) is 4.39. The number of hydrogen-bond donors (Lipinski definition) is 1. The molecule has 1 aliphatic rings. The van der Waals surface area contributed by atoms with Crippen molar-refractivity contribution in [3.05, 3.63) is 34.9 Å². The third-order valence-electron chi connectivity index (χ3n) is 3.55. The molecule has 3 nitrogen and oxygen atoms in total. The van der Waals surface area contributed by atoms with Crippen molar-refractivity contribution in [2.45, 2.75) is 31.8 Å². The van der Waals surface area contributed by atoms with Gasteiger partial charge in [-0.15, -0.1) is 0 Å². The summed E-state index contributed by atoms with van der Waals surface area (Å²) in [6.07, 6.45) is 1.80. The normalized spacial score (nSPS) is 23.9. The Kier molecular flexibility index (Phi) is 2.72. The minimum Gasteiger partial charge on any atom is -0.479 e. The van der Waals surface area contributed by atoms with Gasteiger partial charge in [-0.05, 0) is 36.5 Å². The maximum Gasteiger partial charge on any atom is 0.336 e. The molecule has 3 heteroatoms. The van der Waals surface area contributed by atoms with E-state index in [1.165, 1.54) is 12.7 Å². The predicted octanol–water partition coefficient (Wildman–Crippen LogP) is 1.95. The van der Waals surface area contributed by atoms with Crippen LogP contribution in [0.5, 0.6) is 0 Å². The molecule has 0 spiro atoms. The summed E-state index contributed by atoms with van der Waals surface area (Å²) in [7, 11) is 1.48. The highest BCUT2D eigenvalue weighted by atomic mass is 16.5. The highest BCUT2D eigenvalue weighted by molar-refractivity contribution is 5.78. The number of fused-ring (bicyclic) bond motifs is 1. The number of aliphatic carboxylic acids is 1. The summed E-state index contributed by atoms with van der Waals surface area (Å²) in [5.74, 6) is -0.857. The monoisotopic (exact) mass is 220 g/mol. The zero-order valence-electron chi connectivity index (χ0n) is 9.62. The molecule has 0 saturated heterocycles. The van der Waals surface area contributed by atoms with Crippen molar-refractivity contribution >= 4 is 5.97 Å². The van der Waals surface area contributed by atoms with Crippen molar-refractivity contribution in [1.82, 2.24) is 0 Å². The SMILES string of the molecule is COC1(C(=O)O)CCc2cccc(C)c2C1. The lowest BCUT2D eigenvalue weighted by molar-refractivity contribution is -0.163. The summed E-state index contributed by atoms with van der Waals surface area (Å²) in [4.78, 5) is 11.3. The third-order valence-corrected chi connectivity index (χ3v) is 3.55. The molecule has 0 aliphatic heterocycles. The van der Waals surface area contributed by atoms with Crippen LogP contribution in [0, 0.1) is 6.92 Å². The Morgan fingerprint density at radius 3 is 2.88 bits per heavy atom. The Balaban J connectivity index is 2.42. The van der Waals surface area contributed by atoms with Gasteiger partial charge in [-0.1, -0.05) is 18.2 Å². The van der Waals surface area contributed by atoms with Crippen LogP contribution in [0.4, 0.5) is 0 Å². The third kappa shape index (κ3) is 1.61. The second kappa shape index (κ2) is 3.91. The van der Waals surface area contributed by atoms with Crippen LogP contribution in [0.3, 0.4) is 0 Å². The van der Waals surface area contributed by atoms with Crippen molar-refractivity contribution in [1.29, 1.82) is 0 Å². The molecule has 0 saturated carbocycles. The maximum absolute atomic E-state index is 11.3. The van der Waals surface area contributed by atoms with Crippen molar-refractivity contribution in [3.63, 3.8) is 0 Å². The summed E-state index contributed by atoms with van der Waals surface area (Å²) in [5.41, 5.74) is 2.52. The molecule has 0 amide bonds. The lowest BCUT2D eigenvalue weighted by Crippen LogP contribution is -2.45. The quantitative estimate of drug-likeness (QED) is 0.828. The molecule has 1 unspecified atom stereocenters. The summed E-state index contributed by atoms with van der Waals surface area (Å²) < 4.78 is 5.25. The lowest BCUT2D eigenvalue weighted by Gasteiger charge is -2.33. The van der Waals surface area contributed by atoms with E-state index in [-0.39, 0.29) is 0 Å². The first kappa shape index (κ1) is 11.1. The fourth-order valence-electron chi connectivity index (χ4n) is 2.40. The number of carbonyl (C=O) groups is 1. The Labute approximate surface area is 95.0 Å². The van der Waals surface area contributed by atoms with Crippen molar-refractivity contribution in [3.8, 4) is 0 Å². The lowest BCUT2D eigenvalue weighted by atomic mass is 9.78. The van der Waals surface area contributed by atoms with Gasteiger partial charge in [0.2, 0.25) is 0 Å². The van der Waals surface area contributed by atoms with E-state index in [2.05, 4.69) is 6.07 Å². The first-order valence-corrected chi connectivity index (χ1v) is 5.45. The van der Waals surface area contributed by atoms with E-state index in [1.807, 2.05) is 19.1 Å². The summed E-state index contributed by atoms with van der Waals surface area (Å²) in [5, 5.41) is 9.28. The Morgan fingerprint density at radius 1 is 1.50 bits per heavy atom. The van der Waals surface area contributed by atoms with Gasteiger partial charge in [-0.3, -0.25) is 0 Å². The maximum atomic E-state index is 11.3. The number of benzene rings is 1. The number of rotatable bonds is 2. The summed E-state index contributed by atoms with van der Waals surface area (Å²) >= 11 is 0. The fraction of sp³-hybridized carbons (Fsp3) is 0.462. The summed E-state index contributed by atoms with van der Waals surface area (Å²) in [6, 6.07) is 6.12. The highest BCUT2D eigenvalue weighted by Crippen LogP contribution is 2.33. The number of ether oxygens (including phenoxy) is 1. The molecule has 0 heterocycles. The molecule has 0 fully saturated rings. The average Bonchev–Trinajstić information content (AvgIpc) is 2.29. The molecular weight excluding hydrogens is 204 g/mol. The van der Waals surface area contributed by atoms with E-state index in [0.717, 1.165) is 17.5 Å². The molecule has 16 heavy (non-hydrogen) atoms. The Hall–Kier alpha value is -1.35. The van der Waals surface area contributed by atoms with Gasteiger partial charge in [-0.25, -0.2) is 4.79 Å². The van der Waals surface area contributed by atoms with Crippen molar-refractivity contribution < 1.29 is 14.6 Å². The molecule has 1 aromatic carbocycles. The highest BCUT2D eigenvalue weighted by Gasteiger charge is 2.42. The van der Waals surface area contributed by atoms with E-state index in [0.29, 0.717) is 12.8 Å². The molecule has 86 valence electrons.